The molecule has 0 saturated heterocycles. The zero-order chi connectivity index (χ0) is 14.0. The summed E-state index contributed by atoms with van der Waals surface area (Å²) < 4.78 is 5.83. The van der Waals surface area contributed by atoms with E-state index in [1.54, 1.807) is 13.8 Å². The number of amides is 1. The number of fused-ring (bicyclic) bond motifs is 1. The first-order valence-corrected chi connectivity index (χ1v) is 7.55. The smallest absolute Gasteiger partial charge is 0.242 e. The van der Waals surface area contributed by atoms with E-state index in [2.05, 4.69) is 26.2 Å². The molecule has 0 aliphatic rings. The highest BCUT2D eigenvalue weighted by Gasteiger charge is 2.24. The molecule has 102 valence electrons. The minimum absolute atomic E-state index is 0.114. The SMILES string of the molecule is CCOc1ccc2nc(NC(=O)C(C)(C)Br)sc2c1. The molecule has 6 heteroatoms. The number of anilines is 1. The van der Waals surface area contributed by atoms with Gasteiger partial charge in [-0.1, -0.05) is 27.3 Å². The van der Waals surface area contributed by atoms with Gasteiger partial charge >= 0.3 is 0 Å². The first kappa shape index (κ1) is 14.3. The maximum Gasteiger partial charge on any atom is 0.242 e. The third-order valence-electron chi connectivity index (χ3n) is 2.43. The molecule has 0 aliphatic heterocycles. The molecule has 4 nitrogen and oxygen atoms in total. The Bertz CT molecular complexity index is 604. The third-order valence-corrected chi connectivity index (χ3v) is 3.73. The van der Waals surface area contributed by atoms with Crippen LogP contribution in [0.3, 0.4) is 0 Å². The van der Waals surface area contributed by atoms with Gasteiger partial charge in [-0.3, -0.25) is 4.79 Å². The number of halogens is 1. The van der Waals surface area contributed by atoms with E-state index in [-0.39, 0.29) is 5.91 Å². The van der Waals surface area contributed by atoms with Crippen molar-refractivity contribution < 1.29 is 9.53 Å². The molecule has 2 rings (SSSR count). The number of benzene rings is 1. The van der Waals surface area contributed by atoms with Gasteiger partial charge in [0.25, 0.3) is 0 Å². The van der Waals surface area contributed by atoms with E-state index in [0.29, 0.717) is 11.7 Å². The maximum atomic E-state index is 11.9. The van der Waals surface area contributed by atoms with Crippen LogP contribution in [-0.2, 0) is 4.79 Å². The number of alkyl halides is 1. The molecule has 0 unspecified atom stereocenters. The van der Waals surface area contributed by atoms with Gasteiger partial charge in [-0.25, -0.2) is 4.98 Å². The first-order valence-electron chi connectivity index (χ1n) is 5.94. The molecule has 0 spiro atoms. The second-order valence-electron chi connectivity index (χ2n) is 4.51. The Balaban J connectivity index is 2.24. The number of nitrogens with zero attached hydrogens (tertiary/aromatic N) is 1. The Morgan fingerprint density at radius 2 is 2.26 bits per heavy atom. The molecule has 1 aromatic carbocycles. The predicted octanol–water partition coefficient (Wildman–Crippen LogP) is 3.81. The minimum atomic E-state index is -0.610. The number of aromatic nitrogens is 1. The highest BCUT2D eigenvalue weighted by Crippen LogP contribution is 2.30. The van der Waals surface area contributed by atoms with Crippen molar-refractivity contribution in [2.45, 2.75) is 25.1 Å². The summed E-state index contributed by atoms with van der Waals surface area (Å²) in [6.07, 6.45) is 0. The minimum Gasteiger partial charge on any atom is -0.494 e. The van der Waals surface area contributed by atoms with Crippen molar-refractivity contribution in [3.63, 3.8) is 0 Å². The summed E-state index contributed by atoms with van der Waals surface area (Å²) in [5, 5.41) is 3.40. The van der Waals surface area contributed by atoms with E-state index in [0.717, 1.165) is 16.0 Å². The molecule has 0 aliphatic carbocycles. The summed E-state index contributed by atoms with van der Waals surface area (Å²) in [5.41, 5.74) is 0.858. The summed E-state index contributed by atoms with van der Waals surface area (Å²) in [5.74, 6) is 0.703. The number of thiazole rings is 1. The van der Waals surface area contributed by atoms with Crippen LogP contribution in [-0.4, -0.2) is 21.8 Å². The van der Waals surface area contributed by atoms with Gasteiger partial charge in [0, 0.05) is 0 Å². The highest BCUT2D eigenvalue weighted by atomic mass is 79.9. The Labute approximate surface area is 124 Å². The van der Waals surface area contributed by atoms with Gasteiger partial charge in [-0.2, -0.15) is 0 Å². The zero-order valence-electron chi connectivity index (χ0n) is 11.0. The van der Waals surface area contributed by atoms with Crippen LogP contribution in [0.1, 0.15) is 20.8 Å². The quantitative estimate of drug-likeness (QED) is 0.859. The van der Waals surface area contributed by atoms with Crippen LogP contribution in [0, 0.1) is 0 Å². The van der Waals surface area contributed by atoms with Crippen molar-refractivity contribution in [1.29, 1.82) is 0 Å². The lowest BCUT2D eigenvalue weighted by Gasteiger charge is -2.13. The molecule has 1 amide bonds. The van der Waals surface area contributed by atoms with E-state index >= 15 is 0 Å². The molecule has 19 heavy (non-hydrogen) atoms. The molecule has 1 aromatic heterocycles. The van der Waals surface area contributed by atoms with Crippen LogP contribution in [0.15, 0.2) is 18.2 Å². The summed E-state index contributed by atoms with van der Waals surface area (Å²) in [7, 11) is 0. The van der Waals surface area contributed by atoms with Gasteiger partial charge in [0.05, 0.1) is 21.1 Å². The number of hydrogen-bond donors (Lipinski definition) is 1. The number of carbonyl (C=O) groups is 1. The van der Waals surface area contributed by atoms with Crippen molar-refractivity contribution in [3.8, 4) is 5.75 Å². The van der Waals surface area contributed by atoms with Crippen LogP contribution >= 0.6 is 27.3 Å². The second kappa shape index (κ2) is 5.46. The zero-order valence-corrected chi connectivity index (χ0v) is 13.4. The number of nitrogens with one attached hydrogen (secondary N) is 1. The Morgan fingerprint density at radius 3 is 2.89 bits per heavy atom. The van der Waals surface area contributed by atoms with E-state index in [1.807, 2.05) is 25.1 Å². The van der Waals surface area contributed by atoms with Gasteiger partial charge in [-0.05, 0) is 39.0 Å². The average molecular weight is 343 g/mol. The van der Waals surface area contributed by atoms with Crippen LogP contribution in [0.4, 0.5) is 5.13 Å². The largest absolute Gasteiger partial charge is 0.494 e. The van der Waals surface area contributed by atoms with E-state index in [9.17, 15) is 4.79 Å². The Morgan fingerprint density at radius 1 is 1.53 bits per heavy atom. The topological polar surface area (TPSA) is 51.2 Å². The predicted molar refractivity (Wildman–Crippen MR) is 82.4 cm³/mol. The lowest BCUT2D eigenvalue weighted by molar-refractivity contribution is -0.117. The lowest BCUT2D eigenvalue weighted by Crippen LogP contribution is -2.30. The van der Waals surface area contributed by atoms with Crippen LogP contribution < -0.4 is 10.1 Å². The number of ether oxygens (including phenoxy) is 1. The standard InChI is InChI=1S/C13H15BrN2O2S/c1-4-18-8-5-6-9-10(7-8)19-12(15-9)16-11(17)13(2,3)14/h5-7H,4H2,1-3H3,(H,15,16,17). The van der Waals surface area contributed by atoms with Crippen molar-refractivity contribution >= 4 is 48.5 Å². The molecule has 0 atom stereocenters. The fourth-order valence-corrected chi connectivity index (χ4v) is 2.45. The fourth-order valence-electron chi connectivity index (χ4n) is 1.46. The summed E-state index contributed by atoms with van der Waals surface area (Å²) in [6.45, 7) is 6.16. The normalized spacial score (nSPS) is 11.6. The van der Waals surface area contributed by atoms with Crippen molar-refractivity contribution in [3.05, 3.63) is 18.2 Å². The van der Waals surface area contributed by atoms with E-state index < -0.39 is 4.32 Å². The summed E-state index contributed by atoms with van der Waals surface area (Å²) in [4.78, 5) is 16.2. The molecule has 0 fully saturated rings. The van der Waals surface area contributed by atoms with Gasteiger partial charge < -0.3 is 10.1 Å². The van der Waals surface area contributed by atoms with Crippen LogP contribution in [0.2, 0.25) is 0 Å². The van der Waals surface area contributed by atoms with Gasteiger partial charge in [-0.15, -0.1) is 0 Å². The van der Waals surface area contributed by atoms with Gasteiger partial charge in [0.1, 0.15) is 5.75 Å². The van der Waals surface area contributed by atoms with Gasteiger partial charge in [0.2, 0.25) is 5.91 Å². The fraction of sp³-hybridized carbons (Fsp3) is 0.385. The summed E-state index contributed by atoms with van der Waals surface area (Å²) >= 11 is 4.76. The molecule has 1 heterocycles. The molecule has 0 saturated carbocycles. The second-order valence-corrected chi connectivity index (χ2v) is 7.52. The molecule has 0 radical (unpaired) electrons. The number of rotatable bonds is 4. The maximum absolute atomic E-state index is 11.9. The monoisotopic (exact) mass is 342 g/mol. The number of carbonyl (C=O) groups excluding carboxylic acids is 1. The van der Waals surface area contributed by atoms with Gasteiger partial charge in [0.15, 0.2) is 5.13 Å². The molecule has 2 aromatic rings. The molecule has 0 bridgehead atoms. The van der Waals surface area contributed by atoms with E-state index in [1.165, 1.54) is 11.3 Å². The van der Waals surface area contributed by atoms with Crippen LogP contribution in [0.25, 0.3) is 10.2 Å². The average Bonchev–Trinajstić information content (AvgIpc) is 2.69. The molecular formula is C13H15BrN2O2S. The van der Waals surface area contributed by atoms with Crippen molar-refractivity contribution in [2.24, 2.45) is 0 Å². The van der Waals surface area contributed by atoms with Crippen LogP contribution in [0.5, 0.6) is 5.75 Å². The highest BCUT2D eigenvalue weighted by molar-refractivity contribution is 9.10. The lowest BCUT2D eigenvalue weighted by atomic mass is 10.2. The summed E-state index contributed by atoms with van der Waals surface area (Å²) in [6, 6.07) is 5.71. The Kier molecular flexibility index (Phi) is 4.10. The molecular weight excluding hydrogens is 328 g/mol. The Hall–Kier alpha value is -1.14. The van der Waals surface area contributed by atoms with Crippen molar-refractivity contribution in [1.82, 2.24) is 4.98 Å². The number of hydrogen-bond acceptors (Lipinski definition) is 4. The first-order chi connectivity index (χ1) is 8.90. The third kappa shape index (κ3) is 3.45. The van der Waals surface area contributed by atoms with E-state index in [4.69, 9.17) is 4.74 Å². The molecule has 1 N–H and O–H groups in total. The van der Waals surface area contributed by atoms with Crippen molar-refractivity contribution in [2.75, 3.05) is 11.9 Å².